The van der Waals surface area contributed by atoms with Crippen LogP contribution in [0, 0.1) is 0 Å². The van der Waals surface area contributed by atoms with Crippen molar-refractivity contribution >= 4 is 57.3 Å². The largest absolute Gasteiger partial charge is 0.492 e. The number of thiazole rings is 1. The van der Waals surface area contributed by atoms with Gasteiger partial charge in [0.25, 0.3) is 0 Å². The Morgan fingerprint density at radius 3 is 2.63 bits per heavy atom. The normalized spacial score (nSPS) is 13.6. The van der Waals surface area contributed by atoms with Crippen molar-refractivity contribution in [3.63, 3.8) is 0 Å². The van der Waals surface area contributed by atoms with Crippen molar-refractivity contribution in [3.8, 4) is 5.88 Å². The highest BCUT2D eigenvalue weighted by molar-refractivity contribution is 7.16. The lowest BCUT2D eigenvalue weighted by molar-refractivity contribution is -0.114. The highest BCUT2D eigenvalue weighted by Crippen LogP contribution is 2.37. The molecule has 0 bridgehead atoms. The van der Waals surface area contributed by atoms with E-state index < -0.39 is 0 Å². The number of benzene rings is 2. The van der Waals surface area contributed by atoms with Crippen molar-refractivity contribution in [2.45, 2.75) is 6.92 Å². The van der Waals surface area contributed by atoms with Crippen molar-refractivity contribution in [2.24, 2.45) is 4.99 Å². The van der Waals surface area contributed by atoms with E-state index in [1.165, 1.54) is 18.3 Å². The van der Waals surface area contributed by atoms with Crippen LogP contribution in [0.15, 0.2) is 53.5 Å². The van der Waals surface area contributed by atoms with E-state index in [4.69, 9.17) is 0 Å². The van der Waals surface area contributed by atoms with Crippen molar-refractivity contribution in [3.05, 3.63) is 59.0 Å². The van der Waals surface area contributed by atoms with Gasteiger partial charge in [-0.3, -0.25) is 9.79 Å². The van der Waals surface area contributed by atoms with Crippen LogP contribution in [0.25, 0.3) is 11.6 Å². The van der Waals surface area contributed by atoms with E-state index in [9.17, 15) is 9.90 Å². The number of allylic oxidation sites excluding steroid dienone is 1. The zero-order valence-electron chi connectivity index (χ0n) is 14.4. The van der Waals surface area contributed by atoms with Gasteiger partial charge in [0, 0.05) is 35.6 Å². The summed E-state index contributed by atoms with van der Waals surface area (Å²) in [7, 11) is 0. The molecule has 6 nitrogen and oxygen atoms in total. The highest BCUT2D eigenvalue weighted by Gasteiger charge is 2.14. The van der Waals surface area contributed by atoms with E-state index in [0.717, 1.165) is 28.2 Å². The summed E-state index contributed by atoms with van der Waals surface area (Å²) < 4.78 is 0. The molecule has 0 saturated heterocycles. The van der Waals surface area contributed by atoms with Gasteiger partial charge < -0.3 is 15.7 Å². The van der Waals surface area contributed by atoms with Gasteiger partial charge in [-0.1, -0.05) is 29.5 Å². The Labute approximate surface area is 159 Å². The van der Waals surface area contributed by atoms with Gasteiger partial charge in [-0.15, -0.1) is 0 Å². The third-order valence-corrected chi connectivity index (χ3v) is 4.84. The molecule has 4 rings (SSSR count). The van der Waals surface area contributed by atoms with Crippen LogP contribution < -0.4 is 10.6 Å². The van der Waals surface area contributed by atoms with Crippen LogP contribution in [-0.4, -0.2) is 22.2 Å². The quantitative estimate of drug-likeness (QED) is 0.610. The summed E-state index contributed by atoms with van der Waals surface area (Å²) >= 11 is 1.35. The number of aliphatic imine (C=N–C) groups is 1. The minimum absolute atomic E-state index is 0.0253. The van der Waals surface area contributed by atoms with E-state index >= 15 is 0 Å². The standard InChI is InChI=1S/C20H16N4O2S/c1-12(25)22-14-6-8-15(9-7-14)23-20-24-19(26)18(27-20)10-13-11-21-17-5-3-2-4-16(13)17/h2-11,26H,1H3,(H,22,25)(H,23,24)/b13-10+. The fraction of sp³-hybridized carbons (Fsp3) is 0.0500. The maximum absolute atomic E-state index is 11.1. The van der Waals surface area contributed by atoms with Crippen LogP contribution in [0.2, 0.25) is 0 Å². The molecule has 0 fully saturated rings. The number of aromatic nitrogens is 1. The zero-order chi connectivity index (χ0) is 18.8. The van der Waals surface area contributed by atoms with E-state index in [0.29, 0.717) is 10.0 Å². The number of carbonyl (C=O) groups is 1. The molecule has 3 N–H and O–H groups in total. The molecular formula is C20H16N4O2S. The van der Waals surface area contributed by atoms with Gasteiger partial charge in [0.15, 0.2) is 5.13 Å². The van der Waals surface area contributed by atoms with Crippen LogP contribution in [0.3, 0.4) is 0 Å². The van der Waals surface area contributed by atoms with Gasteiger partial charge >= 0.3 is 0 Å². The first-order chi connectivity index (χ1) is 13.1. The smallest absolute Gasteiger partial charge is 0.231 e. The molecule has 0 radical (unpaired) electrons. The number of anilines is 3. The number of para-hydroxylation sites is 1. The third-order valence-electron chi connectivity index (χ3n) is 3.94. The van der Waals surface area contributed by atoms with Crippen molar-refractivity contribution in [1.82, 2.24) is 4.98 Å². The third kappa shape index (κ3) is 3.73. The van der Waals surface area contributed by atoms with Crippen molar-refractivity contribution in [1.29, 1.82) is 0 Å². The lowest BCUT2D eigenvalue weighted by Gasteiger charge is -2.05. The number of carbonyl (C=O) groups excluding carboxylic acids is 1. The Morgan fingerprint density at radius 2 is 1.85 bits per heavy atom. The molecule has 1 aromatic heterocycles. The molecule has 7 heteroatoms. The monoisotopic (exact) mass is 376 g/mol. The molecule has 2 heterocycles. The van der Waals surface area contributed by atoms with Gasteiger partial charge in [-0.25, -0.2) is 0 Å². The summed E-state index contributed by atoms with van der Waals surface area (Å²) in [5, 5.41) is 16.6. The molecule has 134 valence electrons. The Balaban J connectivity index is 1.53. The number of hydrogen-bond donors (Lipinski definition) is 3. The summed E-state index contributed by atoms with van der Waals surface area (Å²) in [5.41, 5.74) is 4.43. The Hall–Kier alpha value is -3.45. The summed E-state index contributed by atoms with van der Waals surface area (Å²) in [6.07, 6.45) is 3.67. The summed E-state index contributed by atoms with van der Waals surface area (Å²) in [6.45, 7) is 1.47. The SMILES string of the molecule is CC(=O)Nc1ccc(Nc2nc(O)c(/C=C3\C=Nc4ccccc43)s2)cc1. The van der Waals surface area contributed by atoms with E-state index in [1.54, 1.807) is 18.3 Å². The Kier molecular flexibility index (Phi) is 4.43. The van der Waals surface area contributed by atoms with Crippen LogP contribution >= 0.6 is 11.3 Å². The first-order valence-corrected chi connectivity index (χ1v) is 9.10. The molecule has 2 aromatic carbocycles. The fourth-order valence-electron chi connectivity index (χ4n) is 2.73. The number of aromatic hydroxyl groups is 1. The number of nitrogens with zero attached hydrogens (tertiary/aromatic N) is 2. The van der Waals surface area contributed by atoms with Gasteiger partial charge in [-0.2, -0.15) is 4.98 Å². The lowest BCUT2D eigenvalue weighted by atomic mass is 10.1. The van der Waals surface area contributed by atoms with Crippen LogP contribution in [0.1, 0.15) is 17.4 Å². The van der Waals surface area contributed by atoms with E-state index in [-0.39, 0.29) is 11.8 Å². The maximum atomic E-state index is 11.1. The summed E-state index contributed by atoms with van der Waals surface area (Å²) in [6, 6.07) is 15.1. The number of fused-ring (bicyclic) bond motifs is 1. The van der Waals surface area contributed by atoms with Gasteiger partial charge in [0.05, 0.1) is 10.6 Å². The molecule has 0 saturated carbocycles. The fourth-order valence-corrected chi connectivity index (χ4v) is 3.56. The topological polar surface area (TPSA) is 86.6 Å². The van der Waals surface area contributed by atoms with Gasteiger partial charge in [0.2, 0.25) is 11.8 Å². The minimum atomic E-state index is -0.116. The number of nitrogens with one attached hydrogen (secondary N) is 2. The predicted octanol–water partition coefficient (Wildman–Crippen LogP) is 4.81. The summed E-state index contributed by atoms with van der Waals surface area (Å²) in [4.78, 5) is 20.3. The van der Waals surface area contributed by atoms with Crippen LogP contribution in [0.4, 0.5) is 22.2 Å². The average Bonchev–Trinajstić information content (AvgIpc) is 3.20. The molecule has 3 aromatic rings. The number of amides is 1. The van der Waals surface area contributed by atoms with Crippen LogP contribution in [-0.2, 0) is 4.79 Å². The Morgan fingerprint density at radius 1 is 1.11 bits per heavy atom. The predicted molar refractivity (Wildman–Crippen MR) is 110 cm³/mol. The van der Waals surface area contributed by atoms with Crippen molar-refractivity contribution < 1.29 is 9.90 Å². The minimum Gasteiger partial charge on any atom is -0.492 e. The Bertz CT molecular complexity index is 1070. The average molecular weight is 376 g/mol. The summed E-state index contributed by atoms with van der Waals surface area (Å²) in [5.74, 6) is -0.141. The maximum Gasteiger partial charge on any atom is 0.231 e. The second-order valence-electron chi connectivity index (χ2n) is 5.97. The molecule has 1 amide bonds. The first kappa shape index (κ1) is 17.0. The second kappa shape index (κ2) is 7.05. The molecule has 1 aliphatic rings. The molecular weight excluding hydrogens is 360 g/mol. The van der Waals surface area contributed by atoms with Crippen molar-refractivity contribution in [2.75, 3.05) is 10.6 Å². The molecule has 0 atom stereocenters. The van der Waals surface area contributed by atoms with Gasteiger partial charge in [0.1, 0.15) is 0 Å². The van der Waals surface area contributed by atoms with E-state index in [2.05, 4.69) is 20.6 Å². The zero-order valence-corrected chi connectivity index (χ0v) is 15.2. The second-order valence-corrected chi connectivity index (χ2v) is 7.00. The number of rotatable bonds is 4. The van der Waals surface area contributed by atoms with Crippen LogP contribution in [0.5, 0.6) is 5.88 Å². The van der Waals surface area contributed by atoms with Gasteiger partial charge in [-0.05, 0) is 36.4 Å². The van der Waals surface area contributed by atoms with E-state index in [1.807, 2.05) is 42.5 Å². The first-order valence-electron chi connectivity index (χ1n) is 8.28. The molecule has 0 spiro atoms. The lowest BCUT2D eigenvalue weighted by Crippen LogP contribution is -2.05. The molecule has 1 aliphatic heterocycles. The molecule has 27 heavy (non-hydrogen) atoms. The molecule has 0 unspecified atom stereocenters. The highest BCUT2D eigenvalue weighted by atomic mass is 32.1. The molecule has 0 aliphatic carbocycles. The number of hydrogen-bond acceptors (Lipinski definition) is 6.